The standard InChI is InChI=1S/C28H26FN5O5/c1-38-21-11-12-22(27(17-21)39-2)24-18-26(33(30-24)19-7-9-20(10-8-19)34(36)37)28(35)32-15-13-31(14-16-32)25-6-4-3-5-23(25)29/h3-12,17-18H,13-16H2,1-2H3. The lowest BCUT2D eigenvalue weighted by atomic mass is 10.1. The molecule has 4 aromatic rings. The zero-order valence-corrected chi connectivity index (χ0v) is 21.4. The third kappa shape index (κ3) is 5.11. The fourth-order valence-electron chi connectivity index (χ4n) is 4.61. The van der Waals surface area contributed by atoms with Crippen molar-refractivity contribution in [3.05, 3.63) is 94.4 Å². The summed E-state index contributed by atoms with van der Waals surface area (Å²) in [6.45, 7) is 1.72. The van der Waals surface area contributed by atoms with Crippen LogP contribution in [0.1, 0.15) is 10.5 Å². The number of non-ortho nitro benzene ring substituents is 1. The highest BCUT2D eigenvalue weighted by molar-refractivity contribution is 5.95. The van der Waals surface area contributed by atoms with Crippen molar-refractivity contribution in [2.45, 2.75) is 0 Å². The summed E-state index contributed by atoms with van der Waals surface area (Å²) >= 11 is 0. The number of ether oxygens (including phenoxy) is 2. The van der Waals surface area contributed by atoms with Gasteiger partial charge in [0.2, 0.25) is 0 Å². The van der Waals surface area contributed by atoms with Gasteiger partial charge < -0.3 is 19.3 Å². The summed E-state index contributed by atoms with van der Waals surface area (Å²) in [6.07, 6.45) is 0. The van der Waals surface area contributed by atoms with E-state index in [9.17, 15) is 19.3 Å². The van der Waals surface area contributed by atoms with Gasteiger partial charge in [0.15, 0.2) is 0 Å². The topological polar surface area (TPSA) is 103 Å². The van der Waals surface area contributed by atoms with Crippen molar-refractivity contribution in [3.8, 4) is 28.4 Å². The third-order valence-corrected chi connectivity index (χ3v) is 6.68. The molecule has 200 valence electrons. The smallest absolute Gasteiger partial charge is 0.272 e. The highest BCUT2D eigenvalue weighted by Gasteiger charge is 2.28. The Kier molecular flexibility index (Phi) is 7.13. The van der Waals surface area contributed by atoms with E-state index < -0.39 is 4.92 Å². The van der Waals surface area contributed by atoms with E-state index in [2.05, 4.69) is 0 Å². The summed E-state index contributed by atoms with van der Waals surface area (Å²) in [5.41, 5.74) is 2.36. The Labute approximate surface area is 223 Å². The number of benzene rings is 3. The number of nitro groups is 1. The van der Waals surface area contributed by atoms with Crippen LogP contribution in [-0.4, -0.2) is 65.9 Å². The Morgan fingerprint density at radius 3 is 2.31 bits per heavy atom. The minimum Gasteiger partial charge on any atom is -0.497 e. The molecule has 0 aliphatic carbocycles. The molecule has 0 radical (unpaired) electrons. The van der Waals surface area contributed by atoms with Crippen molar-refractivity contribution < 1.29 is 23.6 Å². The number of nitro benzene ring substituents is 1. The quantitative estimate of drug-likeness (QED) is 0.254. The fraction of sp³-hybridized carbons (Fsp3) is 0.214. The second kappa shape index (κ2) is 10.8. The van der Waals surface area contributed by atoms with Crippen LogP contribution in [0, 0.1) is 15.9 Å². The molecule has 0 N–H and O–H groups in total. The van der Waals surface area contributed by atoms with Gasteiger partial charge in [-0.25, -0.2) is 9.07 Å². The van der Waals surface area contributed by atoms with Crippen LogP contribution in [0.25, 0.3) is 16.9 Å². The summed E-state index contributed by atoms with van der Waals surface area (Å²) in [5.74, 6) is 0.564. The van der Waals surface area contributed by atoms with Crippen LogP contribution in [0.4, 0.5) is 15.8 Å². The molecule has 1 aliphatic heterocycles. The van der Waals surface area contributed by atoms with Gasteiger partial charge >= 0.3 is 0 Å². The number of para-hydroxylation sites is 1. The molecule has 1 aromatic heterocycles. The first-order valence-corrected chi connectivity index (χ1v) is 12.3. The highest BCUT2D eigenvalue weighted by Crippen LogP contribution is 2.34. The fourth-order valence-corrected chi connectivity index (χ4v) is 4.61. The van der Waals surface area contributed by atoms with Gasteiger partial charge in [-0.2, -0.15) is 5.10 Å². The van der Waals surface area contributed by atoms with Gasteiger partial charge in [-0.3, -0.25) is 14.9 Å². The molecule has 11 heteroatoms. The Morgan fingerprint density at radius 2 is 1.67 bits per heavy atom. The SMILES string of the molecule is COc1ccc(-c2cc(C(=O)N3CCN(c4ccccc4F)CC3)n(-c3ccc([N+](=O)[O-])cc3)n2)c(OC)c1. The van der Waals surface area contributed by atoms with Gasteiger partial charge in [0.1, 0.15) is 23.0 Å². The predicted molar refractivity (Wildman–Crippen MR) is 143 cm³/mol. The van der Waals surface area contributed by atoms with Crippen LogP contribution in [0.3, 0.4) is 0 Å². The van der Waals surface area contributed by atoms with Gasteiger partial charge in [0.05, 0.1) is 36.2 Å². The van der Waals surface area contributed by atoms with E-state index in [0.29, 0.717) is 60.3 Å². The van der Waals surface area contributed by atoms with E-state index in [1.54, 1.807) is 66.6 Å². The Balaban J connectivity index is 1.49. The average molecular weight is 532 g/mol. The molecule has 2 heterocycles. The zero-order valence-electron chi connectivity index (χ0n) is 21.4. The van der Waals surface area contributed by atoms with Crippen LogP contribution in [0.5, 0.6) is 11.5 Å². The second-order valence-electron chi connectivity index (χ2n) is 8.90. The van der Waals surface area contributed by atoms with E-state index in [4.69, 9.17) is 14.6 Å². The Hall–Kier alpha value is -4.93. The van der Waals surface area contributed by atoms with Crippen LogP contribution in [-0.2, 0) is 0 Å². The minimum absolute atomic E-state index is 0.0694. The molecule has 39 heavy (non-hydrogen) atoms. The van der Waals surface area contributed by atoms with Crippen LogP contribution < -0.4 is 14.4 Å². The van der Waals surface area contributed by atoms with Gasteiger partial charge in [-0.1, -0.05) is 12.1 Å². The summed E-state index contributed by atoms with van der Waals surface area (Å²) in [6, 6.07) is 19.4. The number of piperazine rings is 1. The lowest BCUT2D eigenvalue weighted by molar-refractivity contribution is -0.384. The number of carbonyl (C=O) groups excluding carboxylic acids is 1. The number of anilines is 1. The van der Waals surface area contributed by atoms with Gasteiger partial charge in [-0.05, 0) is 42.5 Å². The molecule has 0 spiro atoms. The molecule has 10 nitrogen and oxygen atoms in total. The molecular formula is C28H26FN5O5. The van der Waals surface area contributed by atoms with E-state index >= 15 is 0 Å². The van der Waals surface area contributed by atoms with Crippen LogP contribution in [0.2, 0.25) is 0 Å². The Morgan fingerprint density at radius 1 is 0.949 bits per heavy atom. The maximum Gasteiger partial charge on any atom is 0.272 e. The molecule has 1 saturated heterocycles. The molecule has 0 unspecified atom stereocenters. The number of nitrogens with zero attached hydrogens (tertiary/aromatic N) is 5. The lowest BCUT2D eigenvalue weighted by Crippen LogP contribution is -2.49. The summed E-state index contributed by atoms with van der Waals surface area (Å²) in [5, 5.41) is 15.9. The largest absolute Gasteiger partial charge is 0.497 e. The number of amides is 1. The van der Waals surface area contributed by atoms with Crippen molar-refractivity contribution in [1.29, 1.82) is 0 Å². The number of halogens is 1. The summed E-state index contributed by atoms with van der Waals surface area (Å²) in [7, 11) is 3.09. The van der Waals surface area contributed by atoms with Crippen molar-refractivity contribution in [1.82, 2.24) is 14.7 Å². The first-order valence-electron chi connectivity index (χ1n) is 12.3. The number of hydrogen-bond acceptors (Lipinski definition) is 7. The molecule has 0 bridgehead atoms. The molecular weight excluding hydrogens is 505 g/mol. The highest BCUT2D eigenvalue weighted by atomic mass is 19.1. The summed E-state index contributed by atoms with van der Waals surface area (Å²) in [4.78, 5) is 28.1. The van der Waals surface area contributed by atoms with E-state index in [0.717, 1.165) is 0 Å². The third-order valence-electron chi connectivity index (χ3n) is 6.68. The normalized spacial score (nSPS) is 13.3. The first kappa shape index (κ1) is 25.7. The number of aromatic nitrogens is 2. The van der Waals surface area contributed by atoms with E-state index in [1.807, 2.05) is 4.90 Å². The maximum absolute atomic E-state index is 14.3. The van der Waals surface area contributed by atoms with Crippen molar-refractivity contribution in [2.75, 3.05) is 45.3 Å². The first-order chi connectivity index (χ1) is 18.9. The molecule has 3 aromatic carbocycles. The monoisotopic (exact) mass is 531 g/mol. The second-order valence-corrected chi connectivity index (χ2v) is 8.90. The average Bonchev–Trinajstić information content (AvgIpc) is 3.42. The predicted octanol–water partition coefficient (Wildman–Crippen LogP) is 4.57. The minimum atomic E-state index is -0.484. The molecule has 0 saturated carbocycles. The number of rotatable bonds is 7. The molecule has 1 fully saturated rings. The van der Waals surface area contributed by atoms with Gasteiger partial charge in [-0.15, -0.1) is 0 Å². The zero-order chi connectivity index (χ0) is 27.5. The van der Waals surface area contributed by atoms with E-state index in [1.165, 1.54) is 30.0 Å². The maximum atomic E-state index is 14.3. The number of methoxy groups -OCH3 is 2. The Bertz CT molecular complexity index is 1510. The molecule has 0 atom stereocenters. The van der Waals surface area contributed by atoms with Crippen LogP contribution in [0.15, 0.2) is 72.8 Å². The van der Waals surface area contributed by atoms with Crippen molar-refractivity contribution in [2.24, 2.45) is 0 Å². The number of carbonyl (C=O) groups is 1. The van der Waals surface area contributed by atoms with E-state index in [-0.39, 0.29) is 23.1 Å². The van der Waals surface area contributed by atoms with Gasteiger partial charge in [0.25, 0.3) is 11.6 Å². The molecule has 1 aliphatic rings. The van der Waals surface area contributed by atoms with Crippen LogP contribution >= 0.6 is 0 Å². The molecule has 1 amide bonds. The van der Waals surface area contributed by atoms with Gasteiger partial charge in [0, 0.05) is 49.9 Å². The summed E-state index contributed by atoms with van der Waals surface area (Å²) < 4.78 is 26.6. The number of hydrogen-bond donors (Lipinski definition) is 0. The van der Waals surface area contributed by atoms with Crippen molar-refractivity contribution >= 4 is 17.3 Å². The molecule has 5 rings (SSSR count). The van der Waals surface area contributed by atoms with Crippen molar-refractivity contribution in [3.63, 3.8) is 0 Å². The lowest BCUT2D eigenvalue weighted by Gasteiger charge is -2.36.